The fraction of sp³-hybridized carbons (Fsp3) is 0.651. The molecule has 8 nitrogen and oxygen atoms in total. The molecule has 2 heterocycles. The van der Waals surface area contributed by atoms with Gasteiger partial charge in [-0.1, -0.05) is 103 Å². The molecule has 1 N–H and O–H groups in total. The van der Waals surface area contributed by atoms with Crippen molar-refractivity contribution in [2.45, 2.75) is 160 Å². The third kappa shape index (κ3) is 13.6. The van der Waals surface area contributed by atoms with Crippen molar-refractivity contribution in [1.82, 2.24) is 0 Å². The van der Waals surface area contributed by atoms with Gasteiger partial charge in [0, 0.05) is 12.3 Å². The molecule has 2 aliphatic heterocycles. The van der Waals surface area contributed by atoms with Crippen LogP contribution in [0.2, 0.25) is 16.6 Å². The molecule has 0 amide bonds. The van der Waals surface area contributed by atoms with Crippen molar-refractivity contribution in [3.63, 3.8) is 0 Å². The summed E-state index contributed by atoms with van der Waals surface area (Å²) in [5.41, 5.74) is 3.59. The Labute approximate surface area is 315 Å². The van der Waals surface area contributed by atoms with Crippen LogP contribution in [0.3, 0.4) is 0 Å². The van der Waals surface area contributed by atoms with Crippen molar-refractivity contribution in [3.05, 3.63) is 66.3 Å². The maximum absolute atomic E-state index is 10.8. The van der Waals surface area contributed by atoms with Gasteiger partial charge in [0.15, 0.2) is 5.79 Å². The van der Waals surface area contributed by atoms with Gasteiger partial charge < -0.3 is 33.2 Å². The number of hydrogen-bond donors (Lipinski definition) is 1. The molecule has 52 heavy (non-hydrogen) atoms. The van der Waals surface area contributed by atoms with Crippen LogP contribution in [0.4, 0.5) is 0 Å². The van der Waals surface area contributed by atoms with Gasteiger partial charge in [-0.3, -0.25) is 0 Å². The van der Waals surface area contributed by atoms with Crippen molar-refractivity contribution >= 4 is 14.3 Å². The minimum atomic E-state index is -2.20. The van der Waals surface area contributed by atoms with Crippen LogP contribution in [0.15, 0.2) is 60.7 Å². The largest absolute Gasteiger partial charge is 0.497 e. The predicted molar refractivity (Wildman–Crippen MR) is 211 cm³/mol. The van der Waals surface area contributed by atoms with E-state index in [0.29, 0.717) is 48.6 Å². The summed E-state index contributed by atoms with van der Waals surface area (Å²) in [4.78, 5) is 10.8. The van der Waals surface area contributed by atoms with Gasteiger partial charge in [0.25, 0.3) is 0 Å². The second-order valence-corrected chi connectivity index (χ2v) is 21.4. The van der Waals surface area contributed by atoms with E-state index in [0.717, 1.165) is 42.6 Å². The lowest BCUT2D eigenvalue weighted by molar-refractivity contribution is -0.157. The second-order valence-electron chi connectivity index (χ2n) is 16.0. The number of rotatable bonds is 20. The Morgan fingerprint density at radius 2 is 1.75 bits per heavy atom. The van der Waals surface area contributed by atoms with Crippen LogP contribution < -0.4 is 4.74 Å². The summed E-state index contributed by atoms with van der Waals surface area (Å²) >= 11 is 0. The van der Waals surface area contributed by atoms with Crippen LogP contribution in [0.1, 0.15) is 106 Å². The highest BCUT2D eigenvalue weighted by molar-refractivity contribution is 6.77. The van der Waals surface area contributed by atoms with E-state index in [2.05, 4.69) is 85.1 Å². The Hall–Kier alpha value is -2.71. The number of carboxylic acids is 1. The summed E-state index contributed by atoms with van der Waals surface area (Å²) in [6, 6.07) is 7.95. The molecule has 0 spiro atoms. The molecule has 6 atom stereocenters. The number of carbonyl (C=O) groups is 1. The molecule has 6 unspecified atom stereocenters. The van der Waals surface area contributed by atoms with Gasteiger partial charge in [-0.2, -0.15) is 0 Å². The van der Waals surface area contributed by atoms with Crippen LogP contribution in [0.5, 0.6) is 5.75 Å². The maximum atomic E-state index is 10.8. The molecule has 1 saturated heterocycles. The number of carboxylic acid groups (broad SMARTS) is 1. The summed E-state index contributed by atoms with van der Waals surface area (Å²) < 4.78 is 37.7. The Balaban J connectivity index is 1.74. The van der Waals surface area contributed by atoms with E-state index in [4.69, 9.17) is 33.2 Å². The molecule has 0 saturated carbocycles. The van der Waals surface area contributed by atoms with Gasteiger partial charge in [-0.05, 0) is 86.2 Å². The lowest BCUT2D eigenvalue weighted by Crippen LogP contribution is -2.50. The first-order valence-electron chi connectivity index (χ1n) is 19.2. The van der Waals surface area contributed by atoms with Crippen LogP contribution >= 0.6 is 0 Å². The van der Waals surface area contributed by atoms with E-state index >= 15 is 0 Å². The molecule has 3 rings (SSSR count). The van der Waals surface area contributed by atoms with E-state index in [1.807, 2.05) is 44.2 Å². The van der Waals surface area contributed by atoms with Crippen LogP contribution in [0.25, 0.3) is 0 Å². The fourth-order valence-electron chi connectivity index (χ4n) is 7.95. The average Bonchev–Trinajstić information content (AvgIpc) is 3.43. The maximum Gasteiger partial charge on any atom is 0.381 e. The van der Waals surface area contributed by atoms with Gasteiger partial charge in [-0.15, -0.1) is 0 Å². The van der Waals surface area contributed by atoms with Crippen LogP contribution in [0, 0.1) is 17.8 Å². The van der Waals surface area contributed by atoms with E-state index in [9.17, 15) is 4.79 Å². The molecule has 0 bridgehead atoms. The van der Waals surface area contributed by atoms with Gasteiger partial charge in [0.2, 0.25) is 8.32 Å². The van der Waals surface area contributed by atoms with Gasteiger partial charge in [-0.25, -0.2) is 4.79 Å². The topological polar surface area (TPSA) is 92.7 Å². The molecule has 1 aromatic carbocycles. The zero-order chi connectivity index (χ0) is 38.5. The Kier molecular flexibility index (Phi) is 17.4. The lowest BCUT2D eigenvalue weighted by atomic mass is 9.91. The first kappa shape index (κ1) is 43.7. The number of methoxy groups -OCH3 is 1. The molecule has 290 valence electrons. The number of benzene rings is 1. The third-order valence-electron chi connectivity index (χ3n) is 10.3. The monoisotopic (exact) mass is 738 g/mol. The molecule has 0 radical (unpaired) electrons. The first-order chi connectivity index (χ1) is 24.5. The quantitative estimate of drug-likeness (QED) is 0.0803. The van der Waals surface area contributed by atoms with Crippen molar-refractivity contribution in [2.75, 3.05) is 13.7 Å². The van der Waals surface area contributed by atoms with Crippen molar-refractivity contribution in [1.29, 1.82) is 0 Å². The minimum Gasteiger partial charge on any atom is -0.497 e. The zero-order valence-electron chi connectivity index (χ0n) is 33.5. The molecule has 1 fully saturated rings. The molecule has 9 heteroatoms. The highest BCUT2D eigenvalue weighted by Crippen LogP contribution is 2.44. The van der Waals surface area contributed by atoms with E-state index in [-0.39, 0.29) is 30.5 Å². The third-order valence-corrected chi connectivity index (χ3v) is 16.4. The fourth-order valence-corrected chi connectivity index (χ4v) is 13.5. The Morgan fingerprint density at radius 1 is 1.08 bits per heavy atom. The van der Waals surface area contributed by atoms with Crippen molar-refractivity contribution in [2.24, 2.45) is 5.92 Å². The second kappa shape index (κ2) is 20.7. The SMILES string of the molecule is C=C(CC(C)CC1CC=CC(CC#CC(=O)O)O1)CC(C=CCC(OCc1ccc(OC)cc1)C1COC(C)(C)O1)O[Si](C(C)C)(C(C)C)C(C)C. The predicted octanol–water partition coefficient (Wildman–Crippen LogP) is 9.79. The lowest BCUT2D eigenvalue weighted by Gasteiger charge is -2.44. The summed E-state index contributed by atoms with van der Waals surface area (Å²) in [5, 5.41) is 8.84. The molecular weight excluding hydrogens is 673 g/mol. The highest BCUT2D eigenvalue weighted by Gasteiger charge is 2.46. The highest BCUT2D eigenvalue weighted by atomic mass is 28.4. The average molecular weight is 739 g/mol. The molecule has 0 aliphatic carbocycles. The summed E-state index contributed by atoms with van der Waals surface area (Å²) in [6.45, 7) is 25.6. The Morgan fingerprint density at radius 3 is 2.33 bits per heavy atom. The molecule has 1 aromatic rings. The van der Waals surface area contributed by atoms with Crippen LogP contribution in [-0.4, -0.2) is 69.4 Å². The Bertz CT molecular complexity index is 1360. The van der Waals surface area contributed by atoms with E-state index in [1.165, 1.54) is 0 Å². The molecule has 0 aromatic heterocycles. The number of hydrogen-bond acceptors (Lipinski definition) is 7. The van der Waals surface area contributed by atoms with Gasteiger partial charge in [0.05, 0.1) is 44.7 Å². The normalized spacial score (nSPS) is 22.1. The van der Waals surface area contributed by atoms with E-state index in [1.54, 1.807) is 7.11 Å². The smallest absolute Gasteiger partial charge is 0.381 e. The summed E-state index contributed by atoms with van der Waals surface area (Å²) in [6.07, 6.45) is 12.4. The van der Waals surface area contributed by atoms with E-state index < -0.39 is 20.1 Å². The van der Waals surface area contributed by atoms with Gasteiger partial charge in [0.1, 0.15) is 11.9 Å². The number of ether oxygens (including phenoxy) is 5. The zero-order valence-corrected chi connectivity index (χ0v) is 34.5. The van der Waals surface area contributed by atoms with Crippen LogP contribution in [-0.2, 0) is 34.8 Å². The van der Waals surface area contributed by atoms with Crippen molar-refractivity contribution < 1.29 is 38.0 Å². The van der Waals surface area contributed by atoms with Crippen molar-refractivity contribution in [3.8, 4) is 17.6 Å². The summed E-state index contributed by atoms with van der Waals surface area (Å²) in [5.74, 6) is 4.30. The first-order valence-corrected chi connectivity index (χ1v) is 21.3. The minimum absolute atomic E-state index is 0.0702. The standard InChI is InChI=1S/C43H66O8Si/c1-30(2)52(31(3)4,32(5)6)51-39(27-34(8)25-33(7)26-38-17-12-15-37(49-38)16-14-20-42(44)45)18-13-19-40(41-29-48-43(9,10)50-41)47-28-35-21-23-36(46-11)24-22-35/h12-13,15,18,21-24,30-33,37-41H,8,16-17,19,25-29H2,1-7,9-11H3,(H,44,45). The van der Waals surface area contributed by atoms with Gasteiger partial charge >= 0.3 is 5.97 Å². The molecule has 2 aliphatic rings. The number of aliphatic carboxylic acids is 1. The summed E-state index contributed by atoms with van der Waals surface area (Å²) in [7, 11) is -0.534. The molecular formula is C43H66O8Si.